The average molecular weight is 375 g/mol. The van der Waals surface area contributed by atoms with Gasteiger partial charge in [0, 0.05) is 38.8 Å². The first-order valence-corrected chi connectivity index (χ1v) is 9.63. The Balaban J connectivity index is 1.57. The molecule has 0 unspecified atom stereocenters. The molecular weight excluding hydrogens is 357 g/mol. The molecule has 1 saturated heterocycles. The third-order valence-corrected chi connectivity index (χ3v) is 6.71. The summed E-state index contributed by atoms with van der Waals surface area (Å²) in [6.07, 6.45) is 1.83. The van der Waals surface area contributed by atoms with E-state index in [1.54, 1.807) is 30.9 Å². The number of benzene rings is 1. The maximum absolute atomic E-state index is 13.1. The van der Waals surface area contributed by atoms with Crippen LogP contribution in [0.5, 0.6) is 0 Å². The maximum Gasteiger partial charge on any atom is 0.219 e. The minimum atomic E-state index is -3.25. The lowest BCUT2D eigenvalue weighted by molar-refractivity contribution is 0.479. The number of aromatic nitrogens is 3. The van der Waals surface area contributed by atoms with E-state index in [4.69, 9.17) is 0 Å². The van der Waals surface area contributed by atoms with Crippen LogP contribution in [0.1, 0.15) is 0 Å². The normalized spacial score (nSPS) is 15.6. The van der Waals surface area contributed by atoms with Crippen molar-refractivity contribution in [3.8, 4) is 5.69 Å². The second kappa shape index (κ2) is 6.03. The van der Waals surface area contributed by atoms with Crippen LogP contribution in [0.15, 0.2) is 42.6 Å². The fourth-order valence-corrected chi connectivity index (χ4v) is 4.24. The molecule has 0 spiro atoms. The van der Waals surface area contributed by atoms with Crippen molar-refractivity contribution >= 4 is 26.9 Å². The Labute approximate surface area is 150 Å². The third kappa shape index (κ3) is 2.82. The van der Waals surface area contributed by atoms with Crippen molar-refractivity contribution < 1.29 is 12.8 Å². The van der Waals surface area contributed by atoms with Crippen LogP contribution in [-0.2, 0) is 10.0 Å². The number of anilines is 1. The van der Waals surface area contributed by atoms with Gasteiger partial charge in [-0.05, 0) is 36.4 Å². The van der Waals surface area contributed by atoms with Crippen LogP contribution in [0.3, 0.4) is 0 Å². The van der Waals surface area contributed by atoms with E-state index in [9.17, 15) is 12.8 Å². The predicted molar refractivity (Wildman–Crippen MR) is 97.4 cm³/mol. The molecule has 1 aliphatic heterocycles. The summed E-state index contributed by atoms with van der Waals surface area (Å²) in [6.45, 7) is 0.829. The number of sulfonamides is 1. The number of halogens is 1. The zero-order valence-electron chi connectivity index (χ0n) is 14.4. The van der Waals surface area contributed by atoms with E-state index in [0.29, 0.717) is 24.6 Å². The first-order valence-electron chi connectivity index (χ1n) is 8.13. The van der Waals surface area contributed by atoms with Crippen LogP contribution in [0, 0.1) is 5.82 Å². The second-order valence-corrected chi connectivity index (χ2v) is 8.91. The van der Waals surface area contributed by atoms with E-state index in [2.05, 4.69) is 10.1 Å². The van der Waals surface area contributed by atoms with Gasteiger partial charge in [-0.2, -0.15) is 0 Å². The van der Waals surface area contributed by atoms with E-state index in [0.717, 1.165) is 11.1 Å². The highest BCUT2D eigenvalue weighted by Gasteiger charge is 2.39. The number of hydrogen-bond donors (Lipinski definition) is 0. The Morgan fingerprint density at radius 3 is 2.46 bits per heavy atom. The van der Waals surface area contributed by atoms with Gasteiger partial charge in [-0.3, -0.25) is 0 Å². The molecule has 1 aromatic carbocycles. The average Bonchev–Trinajstić information content (AvgIpc) is 2.97. The summed E-state index contributed by atoms with van der Waals surface area (Å²) in [5, 5.41) is 4.89. The zero-order chi connectivity index (χ0) is 18.5. The minimum absolute atomic E-state index is 0.300. The lowest BCUT2D eigenvalue weighted by atomic mass is 10.2. The first kappa shape index (κ1) is 16.9. The number of hydrogen-bond acceptors (Lipinski definition) is 5. The van der Waals surface area contributed by atoms with Gasteiger partial charge in [-0.1, -0.05) is 0 Å². The molecule has 0 atom stereocenters. The maximum atomic E-state index is 13.1. The van der Waals surface area contributed by atoms with Crippen molar-refractivity contribution in [2.45, 2.75) is 5.25 Å². The summed E-state index contributed by atoms with van der Waals surface area (Å²) >= 11 is 0. The summed E-state index contributed by atoms with van der Waals surface area (Å²) < 4.78 is 40.2. The van der Waals surface area contributed by atoms with Crippen LogP contribution in [0.25, 0.3) is 16.7 Å². The lowest BCUT2D eigenvalue weighted by Gasteiger charge is -2.40. The Bertz CT molecular complexity index is 1060. The fourth-order valence-electron chi connectivity index (χ4n) is 2.91. The molecular formula is C17H18FN5O2S. The molecule has 0 radical (unpaired) electrons. The highest BCUT2D eigenvalue weighted by molar-refractivity contribution is 7.89. The molecule has 26 heavy (non-hydrogen) atoms. The zero-order valence-corrected chi connectivity index (χ0v) is 15.2. The molecule has 0 saturated carbocycles. The minimum Gasteiger partial charge on any atom is -0.354 e. The summed E-state index contributed by atoms with van der Waals surface area (Å²) in [7, 11) is -0.153. The van der Waals surface area contributed by atoms with Crippen LogP contribution < -0.4 is 4.90 Å². The van der Waals surface area contributed by atoms with E-state index in [1.165, 1.54) is 16.4 Å². The standard InChI is InChI=1S/C17H18FN5O2S/c1-21(2)26(24,25)15-10-22(11-15)16-8-3-12-9-23(20-17(12)19-16)14-6-4-13(18)5-7-14/h3-9,15H,10-11H2,1-2H3. The van der Waals surface area contributed by atoms with Crippen LogP contribution in [0.2, 0.25) is 0 Å². The van der Waals surface area contributed by atoms with Gasteiger partial charge in [-0.25, -0.2) is 26.8 Å². The number of fused-ring (bicyclic) bond motifs is 1. The molecule has 2 aromatic heterocycles. The second-order valence-electron chi connectivity index (χ2n) is 6.49. The Hall–Kier alpha value is -2.52. The van der Waals surface area contributed by atoms with Gasteiger partial charge >= 0.3 is 0 Å². The van der Waals surface area contributed by atoms with Crippen LogP contribution in [0.4, 0.5) is 10.2 Å². The number of nitrogens with zero attached hydrogens (tertiary/aromatic N) is 5. The fraction of sp³-hybridized carbons (Fsp3) is 0.294. The Kier molecular flexibility index (Phi) is 3.92. The van der Waals surface area contributed by atoms with Gasteiger partial charge in [0.2, 0.25) is 10.0 Å². The molecule has 1 fully saturated rings. The lowest BCUT2D eigenvalue weighted by Crippen LogP contribution is -2.57. The van der Waals surface area contributed by atoms with Crippen molar-refractivity contribution in [3.63, 3.8) is 0 Å². The van der Waals surface area contributed by atoms with Gasteiger partial charge in [-0.15, -0.1) is 5.10 Å². The van der Waals surface area contributed by atoms with Crippen molar-refractivity contribution in [3.05, 3.63) is 48.4 Å². The van der Waals surface area contributed by atoms with Gasteiger partial charge in [0.1, 0.15) is 16.9 Å². The van der Waals surface area contributed by atoms with Crippen LogP contribution in [-0.4, -0.2) is 59.9 Å². The molecule has 9 heteroatoms. The molecule has 3 aromatic rings. The molecule has 4 rings (SSSR count). The largest absolute Gasteiger partial charge is 0.354 e. The highest BCUT2D eigenvalue weighted by Crippen LogP contribution is 2.26. The van der Waals surface area contributed by atoms with E-state index in [-0.39, 0.29) is 5.82 Å². The monoisotopic (exact) mass is 375 g/mol. The molecule has 1 aliphatic rings. The molecule has 0 amide bonds. The summed E-state index contributed by atoms with van der Waals surface area (Å²) in [5.74, 6) is 0.401. The van der Waals surface area contributed by atoms with Gasteiger partial charge < -0.3 is 4.90 Å². The topological polar surface area (TPSA) is 71.3 Å². The molecule has 3 heterocycles. The number of pyridine rings is 1. The smallest absolute Gasteiger partial charge is 0.219 e. The predicted octanol–water partition coefficient (Wildman–Crippen LogP) is 1.64. The summed E-state index contributed by atoms with van der Waals surface area (Å²) in [5.41, 5.74) is 1.30. The van der Waals surface area contributed by atoms with Crippen molar-refractivity contribution in [1.82, 2.24) is 19.1 Å². The molecule has 0 N–H and O–H groups in total. The highest BCUT2D eigenvalue weighted by atomic mass is 32.2. The third-order valence-electron chi connectivity index (χ3n) is 4.55. The van der Waals surface area contributed by atoms with Gasteiger partial charge in [0.05, 0.1) is 5.69 Å². The molecule has 136 valence electrons. The Morgan fingerprint density at radius 2 is 1.81 bits per heavy atom. The molecule has 0 aliphatic carbocycles. The number of rotatable bonds is 4. The van der Waals surface area contributed by atoms with Crippen LogP contribution >= 0.6 is 0 Å². The van der Waals surface area contributed by atoms with Gasteiger partial charge in [0.25, 0.3) is 0 Å². The van der Waals surface area contributed by atoms with Crippen molar-refractivity contribution in [2.24, 2.45) is 0 Å². The van der Waals surface area contributed by atoms with Crippen molar-refractivity contribution in [1.29, 1.82) is 0 Å². The summed E-state index contributed by atoms with van der Waals surface area (Å²) in [6, 6.07) is 9.82. The van der Waals surface area contributed by atoms with E-state index in [1.807, 2.05) is 23.2 Å². The van der Waals surface area contributed by atoms with E-state index >= 15 is 0 Å². The van der Waals surface area contributed by atoms with Gasteiger partial charge in [0.15, 0.2) is 5.65 Å². The Morgan fingerprint density at radius 1 is 1.12 bits per heavy atom. The first-order chi connectivity index (χ1) is 12.3. The molecule has 0 bridgehead atoms. The van der Waals surface area contributed by atoms with E-state index < -0.39 is 15.3 Å². The quantitative estimate of drug-likeness (QED) is 0.693. The summed E-state index contributed by atoms with van der Waals surface area (Å²) in [4.78, 5) is 6.45. The SMILES string of the molecule is CN(C)S(=O)(=O)C1CN(c2ccc3cn(-c4ccc(F)cc4)nc3n2)C1. The van der Waals surface area contributed by atoms with Crippen molar-refractivity contribution in [2.75, 3.05) is 32.1 Å². The molecule has 7 nitrogen and oxygen atoms in total.